The van der Waals surface area contributed by atoms with E-state index in [2.05, 4.69) is 6.92 Å². The van der Waals surface area contributed by atoms with E-state index in [1.807, 2.05) is 30.4 Å². The van der Waals surface area contributed by atoms with Crippen LogP contribution >= 0.6 is 0 Å². The SMILES string of the molecule is CCn1nc2c(c1OC)CCC21CCN(C(=O)OC(C)(C)C)CC1. The summed E-state index contributed by atoms with van der Waals surface area (Å²) in [4.78, 5) is 14.1. The molecular formula is C18H29N3O3. The molecule has 0 saturated carbocycles. The van der Waals surface area contributed by atoms with Gasteiger partial charge in [-0.15, -0.1) is 0 Å². The van der Waals surface area contributed by atoms with E-state index in [0.29, 0.717) is 0 Å². The molecule has 2 heterocycles. The molecule has 0 radical (unpaired) electrons. The summed E-state index contributed by atoms with van der Waals surface area (Å²) in [5.41, 5.74) is 2.12. The summed E-state index contributed by atoms with van der Waals surface area (Å²) in [7, 11) is 1.72. The van der Waals surface area contributed by atoms with Crippen LogP contribution in [-0.2, 0) is 23.1 Å². The summed E-state index contributed by atoms with van der Waals surface area (Å²) in [5, 5.41) is 4.84. The van der Waals surface area contributed by atoms with Gasteiger partial charge in [0.1, 0.15) is 5.60 Å². The van der Waals surface area contributed by atoms with Crippen LogP contribution in [0.1, 0.15) is 58.2 Å². The molecule has 6 heteroatoms. The molecule has 0 unspecified atom stereocenters. The number of likely N-dealkylation sites (tertiary alicyclic amines) is 1. The Labute approximate surface area is 144 Å². The zero-order valence-electron chi connectivity index (χ0n) is 15.5. The predicted molar refractivity (Wildman–Crippen MR) is 91.5 cm³/mol. The first-order chi connectivity index (χ1) is 11.3. The molecule has 2 aliphatic rings. The van der Waals surface area contributed by atoms with Gasteiger partial charge in [0.2, 0.25) is 5.88 Å². The van der Waals surface area contributed by atoms with Gasteiger partial charge < -0.3 is 14.4 Å². The molecule has 1 aliphatic carbocycles. The Bertz CT molecular complexity index is 622. The second-order valence-electron chi connectivity index (χ2n) is 7.90. The number of amides is 1. The number of nitrogens with zero attached hydrogens (tertiary/aromatic N) is 3. The molecule has 24 heavy (non-hydrogen) atoms. The monoisotopic (exact) mass is 335 g/mol. The number of aryl methyl sites for hydroxylation is 1. The first-order valence-electron chi connectivity index (χ1n) is 8.92. The second kappa shape index (κ2) is 5.97. The standard InChI is InChI=1S/C18H29N3O3/c1-6-21-15(23-5)13-7-8-18(14(13)19-21)9-11-20(12-10-18)16(22)24-17(2,3)4/h6-12H2,1-5H3. The van der Waals surface area contributed by atoms with Crippen LogP contribution in [0.4, 0.5) is 4.79 Å². The molecule has 0 atom stereocenters. The van der Waals surface area contributed by atoms with Crippen molar-refractivity contribution in [2.24, 2.45) is 0 Å². The van der Waals surface area contributed by atoms with Gasteiger partial charge >= 0.3 is 6.09 Å². The average Bonchev–Trinajstić information content (AvgIpc) is 3.04. The fourth-order valence-electron chi connectivity index (χ4n) is 3.99. The first kappa shape index (κ1) is 17.1. The fourth-order valence-corrected chi connectivity index (χ4v) is 3.99. The van der Waals surface area contributed by atoms with Gasteiger partial charge in [-0.3, -0.25) is 0 Å². The van der Waals surface area contributed by atoms with Crippen molar-refractivity contribution >= 4 is 6.09 Å². The highest BCUT2D eigenvalue weighted by Crippen LogP contribution is 2.48. The Kier molecular flexibility index (Phi) is 4.26. The largest absolute Gasteiger partial charge is 0.481 e. The summed E-state index contributed by atoms with van der Waals surface area (Å²) in [6.45, 7) is 10.1. The molecule has 134 valence electrons. The average molecular weight is 335 g/mol. The Morgan fingerprint density at radius 1 is 1.25 bits per heavy atom. The van der Waals surface area contributed by atoms with Crippen molar-refractivity contribution in [1.82, 2.24) is 14.7 Å². The zero-order chi connectivity index (χ0) is 17.5. The van der Waals surface area contributed by atoms with Crippen molar-refractivity contribution in [2.75, 3.05) is 20.2 Å². The maximum absolute atomic E-state index is 12.3. The molecule has 1 aromatic rings. The Morgan fingerprint density at radius 3 is 2.46 bits per heavy atom. The zero-order valence-corrected chi connectivity index (χ0v) is 15.5. The van der Waals surface area contributed by atoms with Gasteiger partial charge in [-0.2, -0.15) is 5.10 Å². The van der Waals surface area contributed by atoms with Crippen LogP contribution < -0.4 is 4.74 Å². The maximum atomic E-state index is 12.3. The van der Waals surface area contributed by atoms with Crippen molar-refractivity contribution in [3.05, 3.63) is 11.3 Å². The molecule has 1 saturated heterocycles. The number of ether oxygens (including phenoxy) is 2. The highest BCUT2D eigenvalue weighted by Gasteiger charge is 2.46. The number of aromatic nitrogens is 2. The minimum Gasteiger partial charge on any atom is -0.481 e. The quantitative estimate of drug-likeness (QED) is 0.833. The minimum absolute atomic E-state index is 0.0988. The maximum Gasteiger partial charge on any atom is 0.410 e. The lowest BCUT2D eigenvalue weighted by Gasteiger charge is -2.39. The summed E-state index contributed by atoms with van der Waals surface area (Å²) in [6, 6.07) is 0. The van der Waals surface area contributed by atoms with Crippen LogP contribution in [0.15, 0.2) is 0 Å². The topological polar surface area (TPSA) is 56.6 Å². The Morgan fingerprint density at radius 2 is 1.92 bits per heavy atom. The number of rotatable bonds is 2. The lowest BCUT2D eigenvalue weighted by molar-refractivity contribution is 0.0161. The van der Waals surface area contributed by atoms with Gasteiger partial charge in [-0.05, 0) is 53.4 Å². The summed E-state index contributed by atoms with van der Waals surface area (Å²) >= 11 is 0. The molecule has 1 aromatic heterocycles. The number of carbonyl (C=O) groups is 1. The third-order valence-electron chi connectivity index (χ3n) is 5.22. The van der Waals surface area contributed by atoms with Gasteiger partial charge in [-0.25, -0.2) is 9.48 Å². The van der Waals surface area contributed by atoms with Crippen LogP contribution in [0.25, 0.3) is 0 Å². The highest BCUT2D eigenvalue weighted by molar-refractivity contribution is 5.68. The van der Waals surface area contributed by atoms with Gasteiger partial charge in [0, 0.05) is 30.6 Å². The van der Waals surface area contributed by atoms with Crippen LogP contribution in [0.2, 0.25) is 0 Å². The molecular weight excluding hydrogens is 306 g/mol. The molecule has 1 aliphatic heterocycles. The van der Waals surface area contributed by atoms with Crippen molar-refractivity contribution in [2.45, 2.75) is 70.9 Å². The number of fused-ring (bicyclic) bond motifs is 2. The number of piperidine rings is 1. The molecule has 1 amide bonds. The Balaban J connectivity index is 1.74. The van der Waals surface area contributed by atoms with Crippen LogP contribution in [0.5, 0.6) is 5.88 Å². The molecule has 0 aromatic carbocycles. The number of hydrogen-bond donors (Lipinski definition) is 0. The van der Waals surface area contributed by atoms with E-state index >= 15 is 0 Å². The van der Waals surface area contributed by atoms with Crippen LogP contribution in [0, 0.1) is 0 Å². The second-order valence-corrected chi connectivity index (χ2v) is 7.90. The van der Waals surface area contributed by atoms with Gasteiger partial charge in [0.05, 0.1) is 12.8 Å². The van der Waals surface area contributed by atoms with Crippen molar-refractivity contribution in [3.8, 4) is 5.88 Å². The van der Waals surface area contributed by atoms with E-state index in [0.717, 1.165) is 51.2 Å². The summed E-state index contributed by atoms with van der Waals surface area (Å²) < 4.78 is 13.1. The van der Waals surface area contributed by atoms with E-state index in [4.69, 9.17) is 14.6 Å². The van der Waals surface area contributed by atoms with Crippen LogP contribution in [0.3, 0.4) is 0 Å². The van der Waals surface area contributed by atoms with E-state index in [1.165, 1.54) is 11.3 Å². The highest BCUT2D eigenvalue weighted by atomic mass is 16.6. The molecule has 1 fully saturated rings. The summed E-state index contributed by atoms with van der Waals surface area (Å²) in [5.74, 6) is 0.916. The molecule has 6 nitrogen and oxygen atoms in total. The first-order valence-corrected chi connectivity index (χ1v) is 8.92. The lowest BCUT2D eigenvalue weighted by atomic mass is 9.76. The minimum atomic E-state index is -0.444. The summed E-state index contributed by atoms with van der Waals surface area (Å²) in [6.07, 6.45) is 3.82. The van der Waals surface area contributed by atoms with Crippen LogP contribution in [-0.4, -0.2) is 46.6 Å². The van der Waals surface area contributed by atoms with Gasteiger partial charge in [0.15, 0.2) is 0 Å². The van der Waals surface area contributed by atoms with Gasteiger partial charge in [0.25, 0.3) is 0 Å². The number of carbonyl (C=O) groups excluding carboxylic acids is 1. The van der Waals surface area contributed by atoms with E-state index in [1.54, 1.807) is 7.11 Å². The number of hydrogen-bond acceptors (Lipinski definition) is 4. The lowest BCUT2D eigenvalue weighted by Crippen LogP contribution is -2.46. The van der Waals surface area contributed by atoms with Crippen molar-refractivity contribution in [1.29, 1.82) is 0 Å². The van der Waals surface area contributed by atoms with Gasteiger partial charge in [-0.1, -0.05) is 0 Å². The molecule has 1 spiro atoms. The normalized spacial score (nSPS) is 19.5. The third-order valence-corrected chi connectivity index (χ3v) is 5.22. The smallest absolute Gasteiger partial charge is 0.410 e. The fraction of sp³-hybridized carbons (Fsp3) is 0.778. The van der Waals surface area contributed by atoms with E-state index < -0.39 is 5.60 Å². The predicted octanol–water partition coefficient (Wildman–Crippen LogP) is 3.13. The number of methoxy groups -OCH3 is 1. The van der Waals surface area contributed by atoms with Crippen molar-refractivity contribution < 1.29 is 14.3 Å². The molecule has 3 rings (SSSR count). The molecule has 0 bridgehead atoms. The van der Waals surface area contributed by atoms with E-state index in [-0.39, 0.29) is 11.5 Å². The third kappa shape index (κ3) is 2.87. The Hall–Kier alpha value is -1.72. The molecule has 0 N–H and O–H groups in total. The van der Waals surface area contributed by atoms with Crippen molar-refractivity contribution in [3.63, 3.8) is 0 Å². The van der Waals surface area contributed by atoms with E-state index in [9.17, 15) is 4.79 Å².